The van der Waals surface area contributed by atoms with E-state index >= 15 is 0 Å². The van der Waals surface area contributed by atoms with Crippen LogP contribution >= 0.6 is 0 Å². The van der Waals surface area contributed by atoms with Crippen LogP contribution in [0.15, 0.2) is 0 Å². The molecule has 0 unspecified atom stereocenters. The lowest BCUT2D eigenvalue weighted by Gasteiger charge is -1.98. The summed E-state index contributed by atoms with van der Waals surface area (Å²) in [6.45, 7) is 7.04. The van der Waals surface area contributed by atoms with Gasteiger partial charge in [-0.05, 0) is 6.42 Å². The smallest absolute Gasteiger partial charge is 0.0431 e. The molecule has 0 saturated carbocycles. The standard InChI is InChI=1S/C10H22O.C5H12/c1-2-3-4-5-6-7-8-9-10-11;1-3-5-4-2/h11H,2-10H2,1H3;3-5H2,1-2H3. The van der Waals surface area contributed by atoms with Gasteiger partial charge in [0.05, 0.1) is 0 Å². The minimum absolute atomic E-state index is 0.370. The Morgan fingerprint density at radius 3 is 1.19 bits per heavy atom. The van der Waals surface area contributed by atoms with Crippen LogP contribution < -0.4 is 0 Å². The van der Waals surface area contributed by atoms with Crippen LogP contribution in [0.25, 0.3) is 0 Å². The molecule has 0 aliphatic carbocycles. The Hall–Kier alpha value is -0.0400. The van der Waals surface area contributed by atoms with Crippen LogP contribution in [0.5, 0.6) is 0 Å². The molecule has 0 heterocycles. The van der Waals surface area contributed by atoms with E-state index in [4.69, 9.17) is 5.11 Å². The highest BCUT2D eigenvalue weighted by Gasteiger charge is 1.89. The van der Waals surface area contributed by atoms with Gasteiger partial charge in [-0.2, -0.15) is 0 Å². The van der Waals surface area contributed by atoms with Crippen molar-refractivity contribution in [2.75, 3.05) is 6.61 Å². The molecule has 16 heavy (non-hydrogen) atoms. The molecule has 0 aliphatic heterocycles. The van der Waals surface area contributed by atoms with Crippen LogP contribution in [0.4, 0.5) is 0 Å². The summed E-state index contributed by atoms with van der Waals surface area (Å²) >= 11 is 0. The fraction of sp³-hybridized carbons (Fsp3) is 1.00. The summed E-state index contributed by atoms with van der Waals surface area (Å²) in [4.78, 5) is 0. The average Bonchev–Trinajstić information content (AvgIpc) is 2.30. The van der Waals surface area contributed by atoms with Gasteiger partial charge in [-0.1, -0.05) is 85.0 Å². The number of aliphatic hydroxyl groups excluding tert-OH is 1. The summed E-state index contributed by atoms with van der Waals surface area (Å²) in [6, 6.07) is 0. The fourth-order valence-electron chi connectivity index (χ4n) is 1.60. The summed E-state index contributed by atoms with van der Waals surface area (Å²) in [5.41, 5.74) is 0. The van der Waals surface area contributed by atoms with Crippen molar-refractivity contribution < 1.29 is 5.11 Å². The summed E-state index contributed by atoms with van der Waals surface area (Å²) < 4.78 is 0. The highest BCUT2D eigenvalue weighted by atomic mass is 16.2. The first-order valence-electron chi connectivity index (χ1n) is 7.44. The second-order valence-electron chi connectivity index (χ2n) is 4.55. The molecule has 100 valence electrons. The van der Waals surface area contributed by atoms with E-state index in [9.17, 15) is 0 Å². The van der Waals surface area contributed by atoms with Gasteiger partial charge in [0.15, 0.2) is 0 Å². The van der Waals surface area contributed by atoms with Gasteiger partial charge in [-0.25, -0.2) is 0 Å². The van der Waals surface area contributed by atoms with Crippen LogP contribution in [0.2, 0.25) is 0 Å². The van der Waals surface area contributed by atoms with E-state index in [2.05, 4.69) is 20.8 Å². The minimum atomic E-state index is 0.370. The van der Waals surface area contributed by atoms with E-state index in [0.29, 0.717) is 6.61 Å². The maximum Gasteiger partial charge on any atom is 0.0431 e. The Balaban J connectivity index is 0. The molecular weight excluding hydrogens is 196 g/mol. The molecule has 0 radical (unpaired) electrons. The van der Waals surface area contributed by atoms with Crippen molar-refractivity contribution in [3.05, 3.63) is 0 Å². The summed E-state index contributed by atoms with van der Waals surface area (Å²) in [6.07, 6.45) is 14.5. The van der Waals surface area contributed by atoms with E-state index in [0.717, 1.165) is 6.42 Å². The third-order valence-electron chi connectivity index (χ3n) is 2.72. The molecule has 1 N–H and O–H groups in total. The third-order valence-corrected chi connectivity index (χ3v) is 2.72. The predicted octanol–water partition coefficient (Wildman–Crippen LogP) is 5.32. The molecule has 0 aromatic rings. The molecule has 1 nitrogen and oxygen atoms in total. The topological polar surface area (TPSA) is 20.2 Å². The third kappa shape index (κ3) is 23.6. The van der Waals surface area contributed by atoms with Gasteiger partial charge >= 0.3 is 0 Å². The van der Waals surface area contributed by atoms with Crippen molar-refractivity contribution in [3.8, 4) is 0 Å². The van der Waals surface area contributed by atoms with Gasteiger partial charge in [0.1, 0.15) is 0 Å². The van der Waals surface area contributed by atoms with Gasteiger partial charge < -0.3 is 5.11 Å². The summed E-state index contributed by atoms with van der Waals surface area (Å²) in [5, 5.41) is 8.51. The zero-order valence-corrected chi connectivity index (χ0v) is 11.9. The van der Waals surface area contributed by atoms with E-state index in [1.807, 2.05) is 0 Å². The molecule has 0 aromatic carbocycles. The first kappa shape index (κ1) is 18.3. The molecule has 0 saturated heterocycles. The van der Waals surface area contributed by atoms with Gasteiger partial charge in [-0.3, -0.25) is 0 Å². The van der Waals surface area contributed by atoms with Crippen LogP contribution in [-0.4, -0.2) is 11.7 Å². The van der Waals surface area contributed by atoms with Crippen molar-refractivity contribution >= 4 is 0 Å². The van der Waals surface area contributed by atoms with Crippen LogP contribution in [-0.2, 0) is 0 Å². The molecule has 0 rings (SSSR count). The zero-order valence-electron chi connectivity index (χ0n) is 11.9. The Morgan fingerprint density at radius 1 is 0.500 bits per heavy atom. The number of hydrogen-bond acceptors (Lipinski definition) is 1. The Kier molecular flexibility index (Phi) is 23.3. The number of hydrogen-bond donors (Lipinski definition) is 1. The average molecular weight is 230 g/mol. The quantitative estimate of drug-likeness (QED) is 0.504. The van der Waals surface area contributed by atoms with Crippen molar-refractivity contribution in [3.63, 3.8) is 0 Å². The first-order chi connectivity index (χ1) is 7.83. The predicted molar refractivity (Wildman–Crippen MR) is 74.9 cm³/mol. The molecule has 0 aromatic heterocycles. The van der Waals surface area contributed by atoms with Gasteiger partial charge in [0.25, 0.3) is 0 Å². The molecule has 0 spiro atoms. The fourth-order valence-corrected chi connectivity index (χ4v) is 1.60. The largest absolute Gasteiger partial charge is 0.396 e. The molecule has 0 fully saturated rings. The maximum atomic E-state index is 8.51. The molecule has 0 aliphatic rings. The molecule has 0 atom stereocenters. The molecule has 0 bridgehead atoms. The Morgan fingerprint density at radius 2 is 0.875 bits per heavy atom. The summed E-state index contributed by atoms with van der Waals surface area (Å²) in [7, 11) is 0. The monoisotopic (exact) mass is 230 g/mol. The van der Waals surface area contributed by atoms with Crippen LogP contribution in [0.1, 0.15) is 91.4 Å². The maximum absolute atomic E-state index is 8.51. The van der Waals surface area contributed by atoms with Gasteiger partial charge in [0, 0.05) is 6.61 Å². The lowest BCUT2D eigenvalue weighted by molar-refractivity contribution is 0.282. The zero-order chi connectivity index (χ0) is 12.5. The second kappa shape index (κ2) is 20.4. The van der Waals surface area contributed by atoms with E-state index in [-0.39, 0.29) is 0 Å². The number of aliphatic hydroxyl groups is 1. The van der Waals surface area contributed by atoms with E-state index in [1.54, 1.807) is 0 Å². The Labute approximate surface area is 104 Å². The number of rotatable bonds is 10. The van der Waals surface area contributed by atoms with Gasteiger partial charge in [-0.15, -0.1) is 0 Å². The lowest BCUT2D eigenvalue weighted by Crippen LogP contribution is -1.83. The minimum Gasteiger partial charge on any atom is -0.396 e. The van der Waals surface area contributed by atoms with Crippen molar-refractivity contribution in [1.29, 1.82) is 0 Å². The van der Waals surface area contributed by atoms with Crippen molar-refractivity contribution in [2.24, 2.45) is 0 Å². The molecular formula is C15H34O. The first-order valence-corrected chi connectivity index (χ1v) is 7.44. The van der Waals surface area contributed by atoms with E-state index in [1.165, 1.54) is 64.2 Å². The highest BCUT2D eigenvalue weighted by molar-refractivity contribution is 4.44. The van der Waals surface area contributed by atoms with Crippen LogP contribution in [0.3, 0.4) is 0 Å². The summed E-state index contributed by atoms with van der Waals surface area (Å²) in [5.74, 6) is 0. The highest BCUT2D eigenvalue weighted by Crippen LogP contribution is 2.07. The normalized spacial score (nSPS) is 9.75. The van der Waals surface area contributed by atoms with Crippen LogP contribution in [0, 0.1) is 0 Å². The van der Waals surface area contributed by atoms with Crippen molar-refractivity contribution in [2.45, 2.75) is 91.4 Å². The van der Waals surface area contributed by atoms with Gasteiger partial charge in [0.2, 0.25) is 0 Å². The SMILES string of the molecule is CCCCC.CCCCCCCCCCO. The number of unbranched alkanes of at least 4 members (excludes halogenated alkanes) is 9. The lowest BCUT2D eigenvalue weighted by atomic mass is 10.1. The second-order valence-corrected chi connectivity index (χ2v) is 4.55. The molecule has 0 amide bonds. The Bertz CT molecular complexity index is 81.4. The van der Waals surface area contributed by atoms with Crippen molar-refractivity contribution in [1.82, 2.24) is 0 Å². The van der Waals surface area contributed by atoms with E-state index < -0.39 is 0 Å². The molecule has 1 heteroatoms.